The standard InChI is InChI=1S/C37H24N4O6S2.C2H6/c38-26-9-2-19(48)12-28(26)41-14-17-1-4-21-22-5-6-23-30(16-42)40(29-13-20(49(45,46)47)3-10-27(29)39)15-18-11-31(43)35(36(22)33(18)23)24-7-8-25(37(41)44)32(17)34(21)24;1-2/h1-13,43,48H,14-15,38-39H2,(H,45,46,47);1-2H3. The van der Waals surface area contributed by atoms with E-state index in [1.165, 1.54) is 23.1 Å². The van der Waals surface area contributed by atoms with E-state index in [2.05, 4.69) is 12.6 Å². The average Bonchev–Trinajstić information content (AvgIpc) is 3.12. The topological polar surface area (TPSA) is 167 Å². The maximum Gasteiger partial charge on any atom is 0.294 e. The fourth-order valence-electron chi connectivity index (χ4n) is 7.74. The average molecular weight is 715 g/mol. The van der Waals surface area contributed by atoms with Gasteiger partial charge in [0.05, 0.1) is 34.2 Å². The molecule has 0 fully saturated rings. The highest BCUT2D eigenvalue weighted by molar-refractivity contribution is 7.85. The number of phenols is 1. The van der Waals surface area contributed by atoms with Gasteiger partial charge in [-0.15, -0.1) is 12.6 Å². The third-order valence-corrected chi connectivity index (χ3v) is 10.9. The van der Waals surface area contributed by atoms with Crippen LogP contribution < -0.4 is 21.3 Å². The van der Waals surface area contributed by atoms with Crippen LogP contribution in [-0.4, -0.2) is 29.9 Å². The summed E-state index contributed by atoms with van der Waals surface area (Å²) in [6.07, 6.45) is 0. The molecule has 0 unspecified atom stereocenters. The number of amides is 1. The number of hydrogen-bond donors (Lipinski definition) is 5. The molecule has 2 aliphatic rings. The van der Waals surface area contributed by atoms with E-state index in [9.17, 15) is 27.7 Å². The van der Waals surface area contributed by atoms with Gasteiger partial charge in [-0.25, -0.2) is 4.79 Å². The molecule has 0 spiro atoms. The minimum atomic E-state index is -4.56. The van der Waals surface area contributed by atoms with Crippen molar-refractivity contribution in [2.75, 3.05) is 21.3 Å². The lowest BCUT2D eigenvalue weighted by molar-refractivity contribution is 0.0984. The van der Waals surface area contributed by atoms with Crippen molar-refractivity contribution in [3.8, 4) is 5.75 Å². The molecule has 0 bridgehead atoms. The number of fused-ring (bicyclic) bond motifs is 2. The van der Waals surface area contributed by atoms with E-state index in [4.69, 9.17) is 11.5 Å². The number of carbonyl (C=O) groups is 1. The SMILES string of the molecule is CC.Nc1ccc(S)cc1N1Cc2ccc3c4ccc5c6c(cc(O)c(c7ccc(c2c37)C1=O)c64)CN(c1cc(S(=O)(=O)O)ccc1N)C5=C=O. The minimum Gasteiger partial charge on any atom is -0.507 e. The number of hydrogen-bond acceptors (Lipinski definition) is 9. The Hall–Kier alpha value is -5.78. The van der Waals surface area contributed by atoms with Crippen LogP contribution in [0.4, 0.5) is 22.7 Å². The van der Waals surface area contributed by atoms with E-state index >= 15 is 0 Å². The van der Waals surface area contributed by atoms with Gasteiger partial charge < -0.3 is 26.4 Å². The molecule has 12 heteroatoms. The number of benzene rings is 7. The minimum absolute atomic E-state index is 0.00697. The van der Waals surface area contributed by atoms with Gasteiger partial charge >= 0.3 is 0 Å². The van der Waals surface area contributed by atoms with Crippen LogP contribution in [0.25, 0.3) is 48.8 Å². The number of nitrogens with two attached hydrogens (primary N) is 2. The van der Waals surface area contributed by atoms with Gasteiger partial charge in [-0.3, -0.25) is 9.35 Å². The fourth-order valence-corrected chi connectivity index (χ4v) is 8.44. The van der Waals surface area contributed by atoms with E-state index in [1.807, 2.05) is 44.1 Å². The van der Waals surface area contributed by atoms with Gasteiger partial charge in [0.15, 0.2) is 5.94 Å². The zero-order valence-corrected chi connectivity index (χ0v) is 29.1. The summed E-state index contributed by atoms with van der Waals surface area (Å²) in [5.74, 6) is 1.85. The molecular weight excluding hydrogens is 685 g/mol. The third kappa shape index (κ3) is 4.58. The largest absolute Gasteiger partial charge is 0.507 e. The van der Waals surface area contributed by atoms with Gasteiger partial charge in [-0.2, -0.15) is 8.42 Å². The molecule has 0 aromatic heterocycles. The van der Waals surface area contributed by atoms with Crippen molar-refractivity contribution in [1.82, 2.24) is 0 Å². The predicted octanol–water partition coefficient (Wildman–Crippen LogP) is 7.52. The molecule has 10 nitrogen and oxygen atoms in total. The molecule has 0 atom stereocenters. The summed E-state index contributed by atoms with van der Waals surface area (Å²) >= 11 is 4.46. The lowest BCUT2D eigenvalue weighted by atomic mass is 9.81. The quantitative estimate of drug-likeness (QED) is 0.0311. The van der Waals surface area contributed by atoms with Crippen LogP contribution >= 0.6 is 12.6 Å². The molecule has 0 saturated carbocycles. The van der Waals surface area contributed by atoms with Crippen LogP contribution in [0.1, 0.15) is 40.9 Å². The smallest absolute Gasteiger partial charge is 0.294 e. The first kappa shape index (κ1) is 32.4. The van der Waals surface area contributed by atoms with Crippen LogP contribution in [0.2, 0.25) is 0 Å². The molecule has 0 radical (unpaired) electrons. The second-order valence-electron chi connectivity index (χ2n) is 12.4. The monoisotopic (exact) mass is 714 g/mol. The van der Waals surface area contributed by atoms with Crippen LogP contribution in [-0.2, 0) is 28.0 Å². The van der Waals surface area contributed by atoms with Crippen molar-refractivity contribution in [3.63, 3.8) is 0 Å². The Kier molecular flexibility index (Phi) is 7.23. The molecule has 1 amide bonds. The number of thiol groups is 1. The molecule has 2 heterocycles. The normalized spacial score (nSPS) is 14.0. The fraction of sp³-hybridized carbons (Fsp3) is 0.103. The zero-order valence-electron chi connectivity index (χ0n) is 27.4. The van der Waals surface area contributed by atoms with Gasteiger partial charge in [0.25, 0.3) is 16.0 Å². The van der Waals surface area contributed by atoms with Gasteiger partial charge in [-0.05, 0) is 86.6 Å². The molecular formula is C39H30N4O6S2. The number of rotatable bonds is 3. The van der Waals surface area contributed by atoms with Crippen molar-refractivity contribution in [2.45, 2.75) is 36.7 Å². The number of anilines is 4. The Morgan fingerprint density at radius 1 is 0.706 bits per heavy atom. The molecule has 254 valence electrons. The summed E-state index contributed by atoms with van der Waals surface area (Å²) in [7, 11) is -4.56. The van der Waals surface area contributed by atoms with Crippen LogP contribution in [0.15, 0.2) is 88.7 Å². The molecule has 51 heavy (non-hydrogen) atoms. The van der Waals surface area contributed by atoms with Gasteiger partial charge in [-0.1, -0.05) is 44.2 Å². The lowest BCUT2D eigenvalue weighted by Crippen LogP contribution is -2.34. The molecule has 2 aliphatic heterocycles. The van der Waals surface area contributed by atoms with Gasteiger partial charge in [0.1, 0.15) is 11.4 Å². The number of aromatic hydroxyl groups is 1. The Bertz CT molecular complexity index is 2850. The third-order valence-electron chi connectivity index (χ3n) is 9.80. The molecule has 0 aliphatic carbocycles. The van der Waals surface area contributed by atoms with E-state index in [-0.39, 0.29) is 40.2 Å². The summed E-state index contributed by atoms with van der Waals surface area (Å²) < 4.78 is 33.6. The summed E-state index contributed by atoms with van der Waals surface area (Å²) in [6.45, 7) is 4.36. The summed E-state index contributed by atoms with van der Waals surface area (Å²) in [6, 6.07) is 22.0. The molecule has 0 saturated heterocycles. The maximum absolute atomic E-state index is 14.0. The number of nitrogens with zero attached hydrogens (tertiary/aromatic N) is 2. The van der Waals surface area contributed by atoms with Gasteiger partial charge in [0, 0.05) is 38.7 Å². The molecule has 6 N–H and O–H groups in total. The van der Waals surface area contributed by atoms with E-state index < -0.39 is 10.1 Å². The summed E-state index contributed by atoms with van der Waals surface area (Å²) in [5.41, 5.74) is 16.8. The van der Waals surface area contributed by atoms with E-state index in [1.54, 1.807) is 41.3 Å². The van der Waals surface area contributed by atoms with Crippen molar-refractivity contribution in [3.05, 3.63) is 101 Å². The molecule has 9 rings (SSSR count). The van der Waals surface area contributed by atoms with Crippen molar-refractivity contribution in [1.29, 1.82) is 0 Å². The zero-order chi connectivity index (χ0) is 36.1. The van der Waals surface area contributed by atoms with Crippen molar-refractivity contribution < 1.29 is 27.7 Å². The molecule has 7 aromatic rings. The highest BCUT2D eigenvalue weighted by Gasteiger charge is 2.33. The van der Waals surface area contributed by atoms with Gasteiger partial charge in [0.2, 0.25) is 0 Å². The Labute approximate surface area is 297 Å². The van der Waals surface area contributed by atoms with Crippen LogP contribution in [0.5, 0.6) is 5.75 Å². The van der Waals surface area contributed by atoms with Crippen LogP contribution in [0, 0.1) is 0 Å². The predicted molar refractivity (Wildman–Crippen MR) is 205 cm³/mol. The Balaban J connectivity index is 0.00000184. The second kappa shape index (κ2) is 11.4. The van der Waals surface area contributed by atoms with Crippen molar-refractivity contribution in [2.24, 2.45) is 0 Å². The summed E-state index contributed by atoms with van der Waals surface area (Å²) in [5, 5.41) is 17.9. The first-order valence-electron chi connectivity index (χ1n) is 16.2. The first-order valence-corrected chi connectivity index (χ1v) is 18.1. The first-order chi connectivity index (χ1) is 24.5. The Morgan fingerprint density at radius 3 is 2.04 bits per heavy atom. The highest BCUT2D eigenvalue weighted by Crippen LogP contribution is 2.51. The van der Waals surface area contributed by atoms with E-state index in [0.717, 1.165) is 43.3 Å². The van der Waals surface area contributed by atoms with E-state index in [0.29, 0.717) is 44.9 Å². The second-order valence-corrected chi connectivity index (χ2v) is 14.3. The lowest BCUT2D eigenvalue weighted by Gasteiger charge is -2.34. The highest BCUT2D eigenvalue weighted by atomic mass is 32.2. The molecule has 7 aromatic carbocycles. The van der Waals surface area contributed by atoms with Crippen molar-refractivity contribution >= 4 is 106 Å². The Morgan fingerprint density at radius 2 is 1.31 bits per heavy atom. The summed E-state index contributed by atoms with van der Waals surface area (Å²) in [4.78, 5) is 30.2. The number of nitrogen functional groups attached to an aromatic ring is 2. The maximum atomic E-state index is 14.0. The van der Waals surface area contributed by atoms with Crippen LogP contribution in [0.3, 0.4) is 0 Å². The number of phenolic OH excluding ortho intramolecular Hbond substituents is 1. The number of carbonyl (C=O) groups excluding carboxylic acids is 2.